The van der Waals surface area contributed by atoms with Crippen LogP contribution >= 0.6 is 0 Å². The third kappa shape index (κ3) is 5.14. The molecule has 198 valence electrons. The number of aliphatic hydroxyl groups is 1. The number of fused-ring (bicyclic) bond motifs is 1. The molecule has 5 rings (SSSR count). The molecule has 0 bridgehead atoms. The van der Waals surface area contributed by atoms with E-state index in [0.29, 0.717) is 24.6 Å². The Kier molecular flexibility index (Phi) is 6.25. The molecule has 4 heterocycles. The predicted molar refractivity (Wildman–Crippen MR) is 126 cm³/mol. The maximum atomic E-state index is 13.2. The van der Waals surface area contributed by atoms with Gasteiger partial charge in [0.05, 0.1) is 34.6 Å². The first-order valence-electron chi connectivity index (χ1n) is 11.3. The van der Waals surface area contributed by atoms with Crippen LogP contribution in [0.4, 0.5) is 37.8 Å². The molecular formula is C25H19F6N5O2. The third-order valence-corrected chi connectivity index (χ3v) is 6.07. The first-order chi connectivity index (χ1) is 17.9. The predicted octanol–water partition coefficient (Wildman–Crippen LogP) is 4.95. The average molecular weight is 535 g/mol. The van der Waals surface area contributed by atoms with Gasteiger partial charge in [-0.2, -0.15) is 26.3 Å². The van der Waals surface area contributed by atoms with E-state index in [4.69, 9.17) is 0 Å². The normalized spacial score (nSPS) is 14.6. The van der Waals surface area contributed by atoms with Crippen LogP contribution in [-0.2, 0) is 18.9 Å². The van der Waals surface area contributed by atoms with Crippen LogP contribution in [0.15, 0.2) is 60.8 Å². The summed E-state index contributed by atoms with van der Waals surface area (Å²) in [5, 5.41) is 12.1. The molecule has 1 aliphatic heterocycles. The van der Waals surface area contributed by atoms with Gasteiger partial charge < -0.3 is 19.9 Å². The number of pyridine rings is 2. The Balaban J connectivity index is 1.49. The second-order valence-corrected chi connectivity index (χ2v) is 8.83. The largest absolute Gasteiger partial charge is 0.433 e. The van der Waals surface area contributed by atoms with Crippen molar-refractivity contribution in [3.05, 3.63) is 83.3 Å². The number of hydrogen-bond acceptors (Lipinski definition) is 5. The number of aliphatic hydroxyl groups excluding tert-OH is 1. The number of carbonyl (C=O) groups excluding carboxylic acids is 1. The molecule has 2 N–H and O–H groups in total. The maximum Gasteiger partial charge on any atom is 0.433 e. The van der Waals surface area contributed by atoms with Gasteiger partial charge in [0.25, 0.3) is 5.91 Å². The SMILES string of the molecule is O=C(Nc1ccc(N2CC(O)C2)nc1)c1cc2nc(C(F)(F)F)ccc2n1Cc1cccc(C(F)(F)F)c1. The molecule has 3 aromatic heterocycles. The molecule has 0 atom stereocenters. The van der Waals surface area contributed by atoms with Gasteiger partial charge in [-0.15, -0.1) is 0 Å². The number of aromatic nitrogens is 3. The smallest absolute Gasteiger partial charge is 0.389 e. The number of halogens is 6. The Labute approximate surface area is 211 Å². The molecule has 1 aliphatic rings. The minimum Gasteiger partial charge on any atom is -0.389 e. The number of anilines is 2. The van der Waals surface area contributed by atoms with Crippen LogP contribution in [0.5, 0.6) is 0 Å². The zero-order valence-corrected chi connectivity index (χ0v) is 19.4. The number of amides is 1. The first-order valence-corrected chi connectivity index (χ1v) is 11.3. The van der Waals surface area contributed by atoms with E-state index in [1.54, 1.807) is 12.1 Å². The fraction of sp³-hybridized carbons (Fsp3) is 0.240. The molecule has 0 radical (unpaired) electrons. The fourth-order valence-corrected chi connectivity index (χ4v) is 4.17. The zero-order valence-electron chi connectivity index (χ0n) is 19.4. The summed E-state index contributed by atoms with van der Waals surface area (Å²) in [5.74, 6) is -0.117. The highest BCUT2D eigenvalue weighted by molar-refractivity contribution is 6.06. The molecule has 1 saturated heterocycles. The first kappa shape index (κ1) is 25.5. The van der Waals surface area contributed by atoms with E-state index in [1.807, 2.05) is 4.90 Å². The number of alkyl halides is 6. The van der Waals surface area contributed by atoms with Gasteiger partial charge in [-0.25, -0.2) is 9.97 Å². The van der Waals surface area contributed by atoms with Crippen molar-refractivity contribution in [2.75, 3.05) is 23.3 Å². The highest BCUT2D eigenvalue weighted by Gasteiger charge is 2.33. The minimum atomic E-state index is -4.72. The van der Waals surface area contributed by atoms with Crippen molar-refractivity contribution < 1.29 is 36.2 Å². The number of nitrogens with one attached hydrogen (secondary N) is 1. The molecule has 13 heteroatoms. The van der Waals surface area contributed by atoms with Gasteiger partial charge in [0.15, 0.2) is 0 Å². The van der Waals surface area contributed by atoms with Crippen molar-refractivity contribution in [3.63, 3.8) is 0 Å². The molecule has 38 heavy (non-hydrogen) atoms. The summed E-state index contributed by atoms with van der Waals surface area (Å²) in [6, 6.07) is 10.7. The molecule has 4 aromatic rings. The summed E-state index contributed by atoms with van der Waals surface area (Å²) in [4.78, 5) is 22.9. The lowest BCUT2D eigenvalue weighted by atomic mass is 10.1. The number of hydrogen-bond donors (Lipinski definition) is 2. The number of benzene rings is 1. The second-order valence-electron chi connectivity index (χ2n) is 8.83. The van der Waals surface area contributed by atoms with Gasteiger partial charge in [-0.3, -0.25) is 4.79 Å². The highest BCUT2D eigenvalue weighted by atomic mass is 19.4. The van der Waals surface area contributed by atoms with E-state index in [1.165, 1.54) is 22.9 Å². The molecule has 0 spiro atoms. The molecule has 7 nitrogen and oxygen atoms in total. The van der Waals surface area contributed by atoms with Crippen LogP contribution in [-0.4, -0.2) is 44.7 Å². The van der Waals surface area contributed by atoms with E-state index in [2.05, 4.69) is 15.3 Å². The monoisotopic (exact) mass is 535 g/mol. The van der Waals surface area contributed by atoms with Crippen LogP contribution < -0.4 is 10.2 Å². The van der Waals surface area contributed by atoms with E-state index in [9.17, 15) is 36.2 Å². The minimum absolute atomic E-state index is 0.0980. The van der Waals surface area contributed by atoms with Gasteiger partial charge in [0.1, 0.15) is 17.2 Å². The lowest BCUT2D eigenvalue weighted by molar-refractivity contribution is -0.141. The van der Waals surface area contributed by atoms with Crippen molar-refractivity contribution in [3.8, 4) is 0 Å². The van der Waals surface area contributed by atoms with Gasteiger partial charge in [0.2, 0.25) is 0 Å². The molecule has 0 aliphatic carbocycles. The van der Waals surface area contributed by atoms with Gasteiger partial charge in [-0.05, 0) is 48.0 Å². The summed E-state index contributed by atoms with van der Waals surface area (Å²) in [7, 11) is 0. The lowest BCUT2D eigenvalue weighted by Gasteiger charge is -2.36. The lowest BCUT2D eigenvalue weighted by Crippen LogP contribution is -2.51. The second kappa shape index (κ2) is 9.31. The Hall–Kier alpha value is -4.13. The summed E-state index contributed by atoms with van der Waals surface area (Å²) < 4.78 is 80.7. The van der Waals surface area contributed by atoms with Crippen LogP contribution in [0, 0.1) is 0 Å². The van der Waals surface area contributed by atoms with Crippen LogP contribution in [0.3, 0.4) is 0 Å². The Bertz CT molecular complexity index is 1490. The maximum absolute atomic E-state index is 13.2. The van der Waals surface area contributed by atoms with Crippen molar-refractivity contribution in [2.24, 2.45) is 0 Å². The van der Waals surface area contributed by atoms with Crippen molar-refractivity contribution in [1.82, 2.24) is 14.5 Å². The van der Waals surface area contributed by atoms with E-state index in [-0.39, 0.29) is 28.8 Å². The summed E-state index contributed by atoms with van der Waals surface area (Å²) in [5.41, 5.74) is -1.67. The van der Waals surface area contributed by atoms with Crippen LogP contribution in [0.1, 0.15) is 27.3 Å². The van der Waals surface area contributed by atoms with Crippen LogP contribution in [0.2, 0.25) is 0 Å². The average Bonchev–Trinajstić information content (AvgIpc) is 3.19. The molecule has 1 fully saturated rings. The summed E-state index contributed by atoms with van der Waals surface area (Å²) >= 11 is 0. The standard InChI is InChI=1S/C25H19F6N5O2/c26-24(27,28)15-3-1-2-14(8-15)11-36-19-5-6-21(25(29,30)31)34-18(19)9-20(36)23(38)33-16-4-7-22(32-10-16)35-12-17(37)13-35/h1-10,17,37H,11-13H2,(H,33,38). The van der Waals surface area contributed by atoms with Gasteiger partial charge >= 0.3 is 12.4 Å². The summed E-state index contributed by atoms with van der Waals surface area (Å²) in [6.45, 7) is 0.639. The van der Waals surface area contributed by atoms with Crippen molar-refractivity contribution in [2.45, 2.75) is 25.0 Å². The van der Waals surface area contributed by atoms with E-state index >= 15 is 0 Å². The number of β-amino-alcohol motifs (C(OH)–C–C–N with tert-alkyl or cyclic N) is 1. The molecule has 1 amide bonds. The molecule has 0 saturated carbocycles. The van der Waals surface area contributed by atoms with Crippen molar-refractivity contribution in [1.29, 1.82) is 0 Å². The Morgan fingerprint density at radius 1 is 1.00 bits per heavy atom. The summed E-state index contributed by atoms with van der Waals surface area (Å²) in [6.07, 6.45) is -8.36. The Morgan fingerprint density at radius 2 is 1.76 bits per heavy atom. The quantitative estimate of drug-likeness (QED) is 0.354. The zero-order chi connectivity index (χ0) is 27.2. The number of nitrogens with zero attached hydrogens (tertiary/aromatic N) is 4. The van der Waals surface area contributed by atoms with Crippen molar-refractivity contribution >= 4 is 28.4 Å². The van der Waals surface area contributed by atoms with Crippen LogP contribution in [0.25, 0.3) is 11.0 Å². The van der Waals surface area contributed by atoms with Gasteiger partial charge in [-0.1, -0.05) is 12.1 Å². The van der Waals surface area contributed by atoms with E-state index < -0.39 is 35.6 Å². The van der Waals surface area contributed by atoms with E-state index in [0.717, 1.165) is 30.3 Å². The molecule has 0 unspecified atom stereocenters. The fourth-order valence-electron chi connectivity index (χ4n) is 4.17. The number of carbonyl (C=O) groups is 1. The highest BCUT2D eigenvalue weighted by Crippen LogP contribution is 2.32. The Morgan fingerprint density at radius 3 is 2.39 bits per heavy atom. The third-order valence-electron chi connectivity index (χ3n) is 6.07. The number of rotatable bonds is 5. The molecular weight excluding hydrogens is 516 g/mol. The van der Waals surface area contributed by atoms with Gasteiger partial charge in [0, 0.05) is 19.6 Å². The topological polar surface area (TPSA) is 83.3 Å². The molecule has 1 aromatic carbocycles.